The van der Waals surface area contributed by atoms with Crippen molar-refractivity contribution in [2.75, 3.05) is 12.5 Å². The number of hydrogen-bond acceptors (Lipinski definition) is 5. The molecule has 1 aliphatic heterocycles. The fraction of sp³-hybridized carbons (Fsp3) is 0.158. The summed E-state index contributed by atoms with van der Waals surface area (Å²) in [5.41, 5.74) is 8.97. The third kappa shape index (κ3) is 3.33. The van der Waals surface area contributed by atoms with Gasteiger partial charge in [-0.15, -0.1) is 0 Å². The second-order valence-electron chi connectivity index (χ2n) is 5.90. The second-order valence-corrected chi connectivity index (χ2v) is 5.90. The molecule has 4 rings (SSSR count). The number of carbonyl (C=O) groups excluding carboxylic acids is 1. The van der Waals surface area contributed by atoms with E-state index in [4.69, 9.17) is 15.2 Å². The number of nitrogens with two attached hydrogens (primary N) is 1. The van der Waals surface area contributed by atoms with Crippen LogP contribution in [0.1, 0.15) is 11.3 Å². The average Bonchev–Trinajstić information content (AvgIpc) is 3.08. The Morgan fingerprint density at radius 3 is 2.88 bits per heavy atom. The van der Waals surface area contributed by atoms with Crippen LogP contribution >= 0.6 is 0 Å². The van der Waals surface area contributed by atoms with Crippen molar-refractivity contribution in [3.63, 3.8) is 0 Å². The molecule has 0 spiro atoms. The molecule has 6 heteroatoms. The summed E-state index contributed by atoms with van der Waals surface area (Å²) in [4.78, 5) is 16.7. The zero-order valence-electron chi connectivity index (χ0n) is 13.5. The van der Waals surface area contributed by atoms with Gasteiger partial charge in [-0.1, -0.05) is 12.1 Å². The molecule has 3 N–H and O–H groups in total. The summed E-state index contributed by atoms with van der Waals surface area (Å²) in [5.74, 6) is 1.36. The van der Waals surface area contributed by atoms with E-state index in [2.05, 4.69) is 10.3 Å². The van der Waals surface area contributed by atoms with Gasteiger partial charge in [-0.3, -0.25) is 9.78 Å². The smallest absolute Gasteiger partial charge is 0.231 e. The molecule has 25 heavy (non-hydrogen) atoms. The van der Waals surface area contributed by atoms with E-state index < -0.39 is 0 Å². The Hall–Kier alpha value is -3.28. The van der Waals surface area contributed by atoms with Crippen molar-refractivity contribution in [1.82, 2.24) is 10.3 Å². The van der Waals surface area contributed by atoms with Gasteiger partial charge in [-0.25, -0.2) is 0 Å². The number of amides is 1. The van der Waals surface area contributed by atoms with Gasteiger partial charge in [-0.05, 0) is 42.0 Å². The number of ether oxygens (including phenoxy) is 2. The lowest BCUT2D eigenvalue weighted by atomic mass is 10.1. The number of nitrogen functional groups attached to an aromatic ring is 1. The zero-order chi connectivity index (χ0) is 17.2. The highest BCUT2D eigenvalue weighted by Gasteiger charge is 2.13. The molecule has 0 saturated heterocycles. The number of nitrogens with zero attached hydrogens (tertiary/aromatic N) is 1. The van der Waals surface area contributed by atoms with Crippen LogP contribution in [-0.2, 0) is 17.8 Å². The average molecular weight is 335 g/mol. The van der Waals surface area contributed by atoms with E-state index >= 15 is 0 Å². The van der Waals surface area contributed by atoms with Crippen molar-refractivity contribution in [2.24, 2.45) is 0 Å². The van der Waals surface area contributed by atoms with E-state index in [-0.39, 0.29) is 19.1 Å². The first-order valence-corrected chi connectivity index (χ1v) is 7.98. The maximum absolute atomic E-state index is 12.2. The van der Waals surface area contributed by atoms with E-state index in [9.17, 15) is 4.79 Å². The van der Waals surface area contributed by atoms with Crippen LogP contribution in [0, 0.1) is 0 Å². The molecule has 0 fully saturated rings. The maximum atomic E-state index is 12.2. The van der Waals surface area contributed by atoms with Crippen molar-refractivity contribution in [3.8, 4) is 11.5 Å². The van der Waals surface area contributed by atoms with Gasteiger partial charge in [-0.2, -0.15) is 0 Å². The molecule has 0 bridgehead atoms. The predicted octanol–water partition coefficient (Wildman–Crippen LogP) is 2.40. The predicted molar refractivity (Wildman–Crippen MR) is 94.3 cm³/mol. The second kappa shape index (κ2) is 6.32. The number of fused-ring (bicyclic) bond motifs is 2. The highest BCUT2D eigenvalue weighted by molar-refractivity contribution is 5.83. The summed E-state index contributed by atoms with van der Waals surface area (Å²) in [6.45, 7) is 0.671. The van der Waals surface area contributed by atoms with Crippen molar-refractivity contribution >= 4 is 22.5 Å². The van der Waals surface area contributed by atoms with Crippen LogP contribution in [0.4, 0.5) is 5.69 Å². The fourth-order valence-electron chi connectivity index (χ4n) is 2.76. The first-order valence-electron chi connectivity index (χ1n) is 7.98. The number of carbonyl (C=O) groups is 1. The van der Waals surface area contributed by atoms with E-state index in [1.54, 1.807) is 6.07 Å². The molecule has 1 aliphatic rings. The minimum Gasteiger partial charge on any atom is -0.454 e. The van der Waals surface area contributed by atoms with E-state index in [0.717, 1.165) is 27.9 Å². The summed E-state index contributed by atoms with van der Waals surface area (Å²) < 4.78 is 10.6. The minimum atomic E-state index is -0.0834. The van der Waals surface area contributed by atoms with Gasteiger partial charge < -0.3 is 20.5 Å². The van der Waals surface area contributed by atoms with E-state index in [1.807, 2.05) is 42.5 Å². The third-order valence-electron chi connectivity index (χ3n) is 4.04. The number of benzene rings is 2. The summed E-state index contributed by atoms with van der Waals surface area (Å²) in [5, 5.41) is 3.86. The number of nitrogens with one attached hydrogen (secondary N) is 1. The van der Waals surface area contributed by atoms with E-state index in [0.29, 0.717) is 18.0 Å². The topological polar surface area (TPSA) is 86.5 Å². The molecule has 0 atom stereocenters. The lowest BCUT2D eigenvalue weighted by molar-refractivity contribution is -0.120. The van der Waals surface area contributed by atoms with Crippen LogP contribution in [0.25, 0.3) is 10.9 Å². The van der Waals surface area contributed by atoms with Crippen LogP contribution in [0.5, 0.6) is 11.5 Å². The Morgan fingerprint density at radius 2 is 1.96 bits per heavy atom. The molecular weight excluding hydrogens is 318 g/mol. The normalized spacial score (nSPS) is 12.3. The van der Waals surface area contributed by atoms with Gasteiger partial charge in [0.15, 0.2) is 11.5 Å². The molecule has 1 aromatic heterocycles. The van der Waals surface area contributed by atoms with Crippen LogP contribution in [0.2, 0.25) is 0 Å². The molecule has 1 amide bonds. The molecule has 0 saturated carbocycles. The van der Waals surface area contributed by atoms with Crippen molar-refractivity contribution in [2.45, 2.75) is 13.0 Å². The Balaban J connectivity index is 1.39. The standard InChI is InChI=1S/C19H17N3O3/c20-14-3-5-16-13(8-14)2-4-15(22-16)9-19(23)21-10-12-1-6-17-18(7-12)25-11-24-17/h1-8H,9-11,20H2,(H,21,23). The molecule has 0 radical (unpaired) electrons. The van der Waals surface area contributed by atoms with Crippen molar-refractivity contribution < 1.29 is 14.3 Å². The van der Waals surface area contributed by atoms with Crippen LogP contribution in [0.3, 0.4) is 0 Å². The fourth-order valence-corrected chi connectivity index (χ4v) is 2.76. The monoisotopic (exact) mass is 335 g/mol. The SMILES string of the molecule is Nc1ccc2nc(CC(=O)NCc3ccc4c(c3)OCO4)ccc2c1. The molecule has 2 aromatic carbocycles. The molecule has 6 nitrogen and oxygen atoms in total. The Bertz CT molecular complexity index is 956. The highest BCUT2D eigenvalue weighted by Crippen LogP contribution is 2.32. The summed E-state index contributed by atoms with van der Waals surface area (Å²) >= 11 is 0. The number of anilines is 1. The summed E-state index contributed by atoms with van der Waals surface area (Å²) in [7, 11) is 0. The first-order chi connectivity index (χ1) is 12.2. The highest BCUT2D eigenvalue weighted by atomic mass is 16.7. The Morgan fingerprint density at radius 1 is 1.08 bits per heavy atom. The number of aromatic nitrogens is 1. The van der Waals surface area contributed by atoms with Gasteiger partial charge in [0.05, 0.1) is 17.6 Å². The largest absolute Gasteiger partial charge is 0.454 e. The Labute approximate surface area is 144 Å². The summed E-state index contributed by atoms with van der Waals surface area (Å²) in [6, 6.07) is 14.9. The maximum Gasteiger partial charge on any atom is 0.231 e. The third-order valence-corrected chi connectivity index (χ3v) is 4.04. The van der Waals surface area contributed by atoms with Gasteiger partial charge in [0, 0.05) is 17.6 Å². The summed E-state index contributed by atoms with van der Waals surface area (Å²) in [6.07, 6.45) is 0.227. The number of hydrogen-bond donors (Lipinski definition) is 2. The number of pyridine rings is 1. The van der Waals surface area contributed by atoms with Gasteiger partial charge in [0.25, 0.3) is 0 Å². The van der Waals surface area contributed by atoms with Gasteiger partial charge in [0.2, 0.25) is 12.7 Å². The zero-order valence-corrected chi connectivity index (χ0v) is 13.5. The molecule has 0 aliphatic carbocycles. The van der Waals surface area contributed by atoms with Crippen molar-refractivity contribution in [3.05, 3.63) is 59.8 Å². The minimum absolute atomic E-state index is 0.0834. The lowest BCUT2D eigenvalue weighted by Gasteiger charge is -2.07. The van der Waals surface area contributed by atoms with Crippen LogP contribution in [-0.4, -0.2) is 17.7 Å². The molecular formula is C19H17N3O3. The lowest BCUT2D eigenvalue weighted by Crippen LogP contribution is -2.24. The first kappa shape index (κ1) is 15.3. The number of rotatable bonds is 4. The van der Waals surface area contributed by atoms with Gasteiger partial charge in [0.1, 0.15) is 0 Å². The molecule has 3 aromatic rings. The molecule has 0 unspecified atom stereocenters. The van der Waals surface area contributed by atoms with Crippen molar-refractivity contribution in [1.29, 1.82) is 0 Å². The van der Waals surface area contributed by atoms with Gasteiger partial charge >= 0.3 is 0 Å². The quantitative estimate of drug-likeness (QED) is 0.715. The van der Waals surface area contributed by atoms with Crippen LogP contribution in [0.15, 0.2) is 48.5 Å². The van der Waals surface area contributed by atoms with Crippen LogP contribution < -0.4 is 20.5 Å². The Kier molecular flexibility index (Phi) is 3.85. The molecule has 2 heterocycles. The molecule has 126 valence electrons. The van der Waals surface area contributed by atoms with E-state index in [1.165, 1.54) is 0 Å².